The quantitative estimate of drug-likeness (QED) is 0.323. The van der Waals surface area contributed by atoms with Gasteiger partial charge in [-0.3, -0.25) is 0 Å². The molecule has 3 rings (SSSR count). The number of rotatable bonds is 4. The van der Waals surface area contributed by atoms with E-state index in [0.29, 0.717) is 5.84 Å². The van der Waals surface area contributed by atoms with Gasteiger partial charge >= 0.3 is 0 Å². The lowest BCUT2D eigenvalue weighted by molar-refractivity contribution is 0.630. The summed E-state index contributed by atoms with van der Waals surface area (Å²) < 4.78 is 14.0. The fraction of sp³-hybridized carbons (Fsp3) is 0.0952. The molecule has 0 fully saturated rings. The Bertz CT molecular complexity index is 935. The molecule has 5 heteroatoms. The maximum atomic E-state index is 14.0. The fourth-order valence-electron chi connectivity index (χ4n) is 2.85. The van der Waals surface area contributed by atoms with Crippen LogP contribution in [0.1, 0.15) is 5.56 Å². The Balaban J connectivity index is 2.17. The third kappa shape index (κ3) is 3.58. The largest absolute Gasteiger partial charge is 0.377 e. The summed E-state index contributed by atoms with van der Waals surface area (Å²) in [5.74, 6) is 5.74. The zero-order chi connectivity index (χ0) is 18.5. The second-order valence-corrected chi connectivity index (χ2v) is 6.01. The van der Waals surface area contributed by atoms with E-state index < -0.39 is 5.82 Å². The lowest BCUT2D eigenvalue weighted by Gasteiger charge is -2.20. The van der Waals surface area contributed by atoms with Crippen LogP contribution in [0, 0.1) is 5.82 Å². The first-order valence-electron chi connectivity index (χ1n) is 8.27. The van der Waals surface area contributed by atoms with Crippen molar-refractivity contribution in [3.63, 3.8) is 0 Å². The van der Waals surface area contributed by atoms with E-state index in [1.54, 1.807) is 18.2 Å². The Morgan fingerprint density at radius 3 is 2.19 bits per heavy atom. The fourth-order valence-corrected chi connectivity index (χ4v) is 2.85. The number of hydrogen-bond acceptors (Lipinski definition) is 3. The minimum Gasteiger partial charge on any atom is -0.377 e. The summed E-state index contributed by atoms with van der Waals surface area (Å²) in [6.45, 7) is 0. The zero-order valence-corrected chi connectivity index (χ0v) is 14.8. The van der Waals surface area contributed by atoms with Gasteiger partial charge in [-0.05, 0) is 23.8 Å². The molecule has 0 spiro atoms. The van der Waals surface area contributed by atoms with Crippen molar-refractivity contribution in [2.45, 2.75) is 0 Å². The maximum absolute atomic E-state index is 14.0. The van der Waals surface area contributed by atoms with E-state index in [2.05, 4.69) is 21.4 Å². The van der Waals surface area contributed by atoms with Crippen LogP contribution in [-0.4, -0.2) is 19.9 Å². The van der Waals surface area contributed by atoms with Gasteiger partial charge in [0.15, 0.2) is 0 Å². The maximum Gasteiger partial charge on any atom is 0.148 e. The Morgan fingerprint density at radius 1 is 0.885 bits per heavy atom. The van der Waals surface area contributed by atoms with Crippen LogP contribution in [0.25, 0.3) is 11.1 Å². The second kappa shape index (κ2) is 7.80. The van der Waals surface area contributed by atoms with Crippen molar-refractivity contribution in [3.8, 4) is 11.1 Å². The molecule has 26 heavy (non-hydrogen) atoms. The van der Waals surface area contributed by atoms with E-state index in [4.69, 9.17) is 5.84 Å². The number of anilines is 1. The Hall–Kier alpha value is -3.18. The Kier molecular flexibility index (Phi) is 5.29. The molecule has 4 nitrogen and oxygen atoms in total. The van der Waals surface area contributed by atoms with Crippen molar-refractivity contribution in [1.29, 1.82) is 0 Å². The van der Waals surface area contributed by atoms with Crippen LogP contribution < -0.4 is 16.2 Å². The molecule has 0 aromatic heterocycles. The highest BCUT2D eigenvalue weighted by Crippen LogP contribution is 2.32. The minimum absolute atomic E-state index is 0.233. The number of halogens is 1. The summed E-state index contributed by atoms with van der Waals surface area (Å²) in [4.78, 5) is 6.45. The van der Waals surface area contributed by atoms with Crippen LogP contribution in [0.2, 0.25) is 0 Å². The average molecular weight is 348 g/mol. The Labute approximate surface area is 152 Å². The van der Waals surface area contributed by atoms with Crippen molar-refractivity contribution in [3.05, 3.63) is 84.2 Å². The van der Waals surface area contributed by atoms with Gasteiger partial charge in [0, 0.05) is 30.9 Å². The first-order valence-corrected chi connectivity index (χ1v) is 8.27. The van der Waals surface area contributed by atoms with Crippen LogP contribution in [0.15, 0.2) is 77.8 Å². The molecule has 0 radical (unpaired) electrons. The predicted octanol–water partition coefficient (Wildman–Crippen LogP) is 4.10. The molecular weight excluding hydrogens is 327 g/mol. The molecule has 0 bridgehead atoms. The summed E-state index contributed by atoms with van der Waals surface area (Å²) >= 11 is 0. The van der Waals surface area contributed by atoms with Crippen molar-refractivity contribution in [1.82, 2.24) is 5.43 Å². The van der Waals surface area contributed by atoms with E-state index in [-0.39, 0.29) is 5.69 Å². The molecule has 0 heterocycles. The van der Waals surface area contributed by atoms with Crippen LogP contribution in [0.4, 0.5) is 15.8 Å². The molecule has 0 saturated carbocycles. The second-order valence-electron chi connectivity index (χ2n) is 6.01. The van der Waals surface area contributed by atoms with Crippen LogP contribution in [0.5, 0.6) is 0 Å². The molecule has 0 aliphatic carbocycles. The lowest BCUT2D eigenvalue weighted by Crippen LogP contribution is -2.31. The van der Waals surface area contributed by atoms with Gasteiger partial charge in [0.25, 0.3) is 0 Å². The van der Waals surface area contributed by atoms with Crippen molar-refractivity contribution >= 4 is 17.2 Å². The van der Waals surface area contributed by atoms with Gasteiger partial charge in [-0.25, -0.2) is 15.2 Å². The molecule has 3 N–H and O–H groups in total. The van der Waals surface area contributed by atoms with Gasteiger partial charge in [-0.2, -0.15) is 0 Å². The van der Waals surface area contributed by atoms with Crippen molar-refractivity contribution < 1.29 is 4.39 Å². The van der Waals surface area contributed by atoms with E-state index in [0.717, 1.165) is 22.4 Å². The van der Waals surface area contributed by atoms with E-state index in [1.165, 1.54) is 6.07 Å². The van der Waals surface area contributed by atoms with Gasteiger partial charge in [0.05, 0.1) is 0 Å². The van der Waals surface area contributed by atoms with Crippen LogP contribution in [-0.2, 0) is 0 Å². The van der Waals surface area contributed by atoms with Gasteiger partial charge in [-0.15, -0.1) is 0 Å². The number of nitrogens with zero attached hydrogens (tertiary/aromatic N) is 2. The van der Waals surface area contributed by atoms with E-state index >= 15 is 0 Å². The Morgan fingerprint density at radius 2 is 1.50 bits per heavy atom. The highest BCUT2D eigenvalue weighted by molar-refractivity contribution is 6.06. The highest BCUT2D eigenvalue weighted by Gasteiger charge is 2.14. The standard InChI is InChI=1S/C21H21FN4/c1-26(2)20-14-8-5-10-16(20)15-9-3-4-11-17(15)21(25-23)24-19-13-7-6-12-18(19)22/h3-14H,23H2,1-2H3,(H,24,25). The zero-order valence-electron chi connectivity index (χ0n) is 14.8. The molecule has 132 valence electrons. The lowest BCUT2D eigenvalue weighted by atomic mass is 9.97. The summed E-state index contributed by atoms with van der Waals surface area (Å²) in [5.41, 5.74) is 6.73. The molecule has 0 amide bonds. The molecule has 3 aromatic rings. The third-order valence-corrected chi connectivity index (χ3v) is 4.08. The van der Waals surface area contributed by atoms with Crippen LogP contribution >= 0.6 is 0 Å². The molecule has 3 aromatic carbocycles. The normalized spacial score (nSPS) is 11.3. The number of amidine groups is 1. The number of nitrogens with two attached hydrogens (primary N) is 1. The topological polar surface area (TPSA) is 53.6 Å². The molecule has 0 aliphatic heterocycles. The first-order chi connectivity index (χ1) is 12.6. The smallest absolute Gasteiger partial charge is 0.148 e. The van der Waals surface area contributed by atoms with Gasteiger partial charge in [0.2, 0.25) is 0 Å². The summed E-state index contributed by atoms with van der Waals surface area (Å²) in [6.07, 6.45) is 0. The third-order valence-electron chi connectivity index (χ3n) is 4.08. The molecule has 0 unspecified atom stereocenters. The summed E-state index contributed by atoms with van der Waals surface area (Å²) in [7, 11) is 3.99. The number of benzene rings is 3. The number of para-hydroxylation sites is 2. The SMILES string of the molecule is CN(C)c1ccccc1-c1ccccc1C(=Nc1ccccc1F)NN. The molecular formula is C21H21FN4. The monoisotopic (exact) mass is 348 g/mol. The van der Waals surface area contributed by atoms with E-state index in [9.17, 15) is 4.39 Å². The van der Waals surface area contributed by atoms with Gasteiger partial charge in [-0.1, -0.05) is 54.6 Å². The summed E-state index contributed by atoms with van der Waals surface area (Å²) in [6, 6.07) is 22.2. The van der Waals surface area contributed by atoms with Crippen LogP contribution in [0.3, 0.4) is 0 Å². The number of hydrazine groups is 1. The molecule has 0 saturated heterocycles. The number of hydrogen-bond donors (Lipinski definition) is 2. The van der Waals surface area contributed by atoms with Gasteiger partial charge < -0.3 is 10.3 Å². The number of nitrogens with one attached hydrogen (secondary N) is 1. The summed E-state index contributed by atoms with van der Waals surface area (Å²) in [5, 5.41) is 0. The molecule has 0 aliphatic rings. The van der Waals surface area contributed by atoms with E-state index in [1.807, 2.05) is 56.6 Å². The van der Waals surface area contributed by atoms with Gasteiger partial charge in [0.1, 0.15) is 17.3 Å². The van der Waals surface area contributed by atoms with Crippen molar-refractivity contribution in [2.75, 3.05) is 19.0 Å². The first kappa shape index (κ1) is 17.6. The highest BCUT2D eigenvalue weighted by atomic mass is 19.1. The number of aliphatic imine (C=N–C) groups is 1. The minimum atomic E-state index is -0.397. The average Bonchev–Trinajstić information content (AvgIpc) is 2.67. The predicted molar refractivity (Wildman–Crippen MR) is 106 cm³/mol. The molecule has 0 atom stereocenters. The van der Waals surface area contributed by atoms with Crippen molar-refractivity contribution in [2.24, 2.45) is 10.8 Å².